The molecule has 0 atom stereocenters. The van der Waals surface area contributed by atoms with Crippen LogP contribution in [0.3, 0.4) is 0 Å². The summed E-state index contributed by atoms with van der Waals surface area (Å²) in [4.78, 5) is 0. The van der Waals surface area contributed by atoms with E-state index >= 15 is 0 Å². The summed E-state index contributed by atoms with van der Waals surface area (Å²) < 4.78 is 10.9. The minimum absolute atomic E-state index is 0.557. The van der Waals surface area contributed by atoms with Crippen molar-refractivity contribution >= 4 is 0 Å². The summed E-state index contributed by atoms with van der Waals surface area (Å²) in [6.45, 7) is 1.40. The van der Waals surface area contributed by atoms with Gasteiger partial charge in [0.2, 0.25) is 5.89 Å². The van der Waals surface area contributed by atoms with Gasteiger partial charge in [-0.05, 0) is 24.3 Å². The first-order chi connectivity index (χ1) is 9.42. The molecule has 0 bridgehead atoms. The molecule has 5 heteroatoms. The van der Waals surface area contributed by atoms with E-state index < -0.39 is 0 Å². The lowest BCUT2D eigenvalue weighted by atomic mass is 10.2. The van der Waals surface area contributed by atoms with Crippen molar-refractivity contribution in [3.8, 4) is 11.5 Å². The first-order valence-corrected chi connectivity index (χ1v) is 6.13. The molecule has 0 saturated carbocycles. The van der Waals surface area contributed by atoms with E-state index in [0.717, 1.165) is 17.9 Å². The normalized spacial score (nSPS) is 10.7. The van der Waals surface area contributed by atoms with Gasteiger partial charge in [-0.1, -0.05) is 18.2 Å². The van der Waals surface area contributed by atoms with Gasteiger partial charge in [-0.2, -0.15) is 0 Å². The number of rotatable bonds is 5. The first kappa shape index (κ1) is 11.7. The molecule has 0 radical (unpaired) electrons. The van der Waals surface area contributed by atoms with Crippen molar-refractivity contribution in [3.63, 3.8) is 0 Å². The summed E-state index contributed by atoms with van der Waals surface area (Å²) >= 11 is 0. The van der Waals surface area contributed by atoms with Gasteiger partial charge in [0.15, 0.2) is 12.3 Å². The molecule has 0 spiro atoms. The number of nitrogens with zero attached hydrogens (tertiary/aromatic N) is 2. The zero-order chi connectivity index (χ0) is 12.9. The maximum absolute atomic E-state index is 5.61. The summed E-state index contributed by atoms with van der Waals surface area (Å²) in [6.07, 6.45) is 1.67. The van der Waals surface area contributed by atoms with Gasteiger partial charge in [-0.25, -0.2) is 0 Å². The van der Waals surface area contributed by atoms with E-state index in [9.17, 15) is 0 Å². The van der Waals surface area contributed by atoms with Crippen LogP contribution in [0.5, 0.6) is 0 Å². The summed E-state index contributed by atoms with van der Waals surface area (Å²) in [5.74, 6) is 2.11. The molecule has 2 N–H and O–H groups in total. The van der Waals surface area contributed by atoms with Crippen molar-refractivity contribution in [2.75, 3.05) is 0 Å². The number of quaternary nitrogens is 1. The SMILES string of the molecule is c1ccc(-c2nnc(C[NH2+]Cc3ccco3)o2)cc1. The molecule has 5 nitrogen and oxygen atoms in total. The lowest BCUT2D eigenvalue weighted by Gasteiger charge is -1.95. The fourth-order valence-corrected chi connectivity index (χ4v) is 1.80. The zero-order valence-electron chi connectivity index (χ0n) is 10.3. The lowest BCUT2D eigenvalue weighted by Crippen LogP contribution is -2.80. The molecular weight excluding hydrogens is 242 g/mol. The van der Waals surface area contributed by atoms with Gasteiger partial charge >= 0.3 is 0 Å². The second kappa shape index (κ2) is 5.49. The van der Waals surface area contributed by atoms with Crippen LogP contribution >= 0.6 is 0 Å². The third-order valence-corrected chi connectivity index (χ3v) is 2.73. The van der Waals surface area contributed by atoms with E-state index in [-0.39, 0.29) is 0 Å². The van der Waals surface area contributed by atoms with E-state index in [1.54, 1.807) is 6.26 Å². The Morgan fingerprint density at radius 3 is 2.63 bits per heavy atom. The molecule has 3 rings (SSSR count). The molecule has 0 unspecified atom stereocenters. The van der Waals surface area contributed by atoms with Gasteiger partial charge in [0, 0.05) is 5.56 Å². The van der Waals surface area contributed by atoms with Crippen LogP contribution in [0.1, 0.15) is 11.7 Å². The van der Waals surface area contributed by atoms with E-state index in [1.807, 2.05) is 42.5 Å². The van der Waals surface area contributed by atoms with Crippen molar-refractivity contribution < 1.29 is 14.2 Å². The Bertz CT molecular complexity index is 617. The Labute approximate surface area is 110 Å². The number of hydrogen-bond donors (Lipinski definition) is 1. The standard InChI is InChI=1S/C14H13N3O2/c1-2-5-11(6-3-1)14-17-16-13(19-14)10-15-9-12-7-4-8-18-12/h1-8,15H,9-10H2/p+1. The van der Waals surface area contributed by atoms with Gasteiger partial charge in [-0.3, -0.25) is 0 Å². The Morgan fingerprint density at radius 2 is 1.84 bits per heavy atom. The molecule has 0 aliphatic carbocycles. The fraction of sp³-hybridized carbons (Fsp3) is 0.143. The highest BCUT2D eigenvalue weighted by Gasteiger charge is 2.09. The smallest absolute Gasteiger partial charge is 0.271 e. The minimum Gasteiger partial charge on any atom is -0.463 e. The number of aromatic nitrogens is 2. The topological polar surface area (TPSA) is 68.7 Å². The molecule has 0 saturated heterocycles. The lowest BCUT2D eigenvalue weighted by molar-refractivity contribution is -0.690. The van der Waals surface area contributed by atoms with Crippen LogP contribution in [0, 0.1) is 0 Å². The Hall–Kier alpha value is -2.40. The number of nitrogens with two attached hydrogens (primary N) is 1. The summed E-state index contributed by atoms with van der Waals surface area (Å²) in [5.41, 5.74) is 0.937. The molecule has 0 fully saturated rings. The molecule has 19 heavy (non-hydrogen) atoms. The molecule has 0 aliphatic rings. The quantitative estimate of drug-likeness (QED) is 0.752. The third kappa shape index (κ3) is 2.89. The predicted molar refractivity (Wildman–Crippen MR) is 67.8 cm³/mol. The zero-order valence-corrected chi connectivity index (χ0v) is 10.3. The fourth-order valence-electron chi connectivity index (χ4n) is 1.80. The molecule has 2 heterocycles. The van der Waals surface area contributed by atoms with Crippen molar-refractivity contribution in [1.29, 1.82) is 0 Å². The highest BCUT2D eigenvalue weighted by molar-refractivity contribution is 5.51. The Morgan fingerprint density at radius 1 is 0.947 bits per heavy atom. The second-order valence-corrected chi connectivity index (χ2v) is 4.14. The summed E-state index contributed by atoms with van der Waals surface area (Å²) in [6, 6.07) is 13.6. The molecule has 0 amide bonds. The Balaban J connectivity index is 1.59. The predicted octanol–water partition coefficient (Wildman–Crippen LogP) is 1.59. The maximum Gasteiger partial charge on any atom is 0.271 e. The van der Waals surface area contributed by atoms with Crippen molar-refractivity contribution in [3.05, 3.63) is 60.4 Å². The van der Waals surface area contributed by atoms with Crippen molar-refractivity contribution in [2.24, 2.45) is 0 Å². The van der Waals surface area contributed by atoms with Crippen LogP contribution in [0.4, 0.5) is 0 Å². The van der Waals surface area contributed by atoms with Crippen LogP contribution in [0.25, 0.3) is 11.5 Å². The van der Waals surface area contributed by atoms with Gasteiger partial charge < -0.3 is 14.2 Å². The summed E-state index contributed by atoms with van der Waals surface area (Å²) in [5, 5.41) is 10.1. The van der Waals surface area contributed by atoms with Gasteiger partial charge in [-0.15, -0.1) is 10.2 Å². The van der Waals surface area contributed by atoms with Crippen molar-refractivity contribution in [2.45, 2.75) is 13.1 Å². The average Bonchev–Trinajstić information content (AvgIpc) is 3.11. The molecule has 2 aromatic heterocycles. The van der Waals surface area contributed by atoms with Gasteiger partial charge in [0.1, 0.15) is 6.54 Å². The molecule has 3 aromatic rings. The van der Waals surface area contributed by atoms with Crippen LogP contribution < -0.4 is 5.32 Å². The van der Waals surface area contributed by atoms with Crippen LogP contribution in [-0.2, 0) is 13.1 Å². The summed E-state index contributed by atoms with van der Waals surface area (Å²) in [7, 11) is 0. The molecular formula is C14H14N3O2+. The van der Waals surface area contributed by atoms with Crippen LogP contribution in [0.2, 0.25) is 0 Å². The largest absolute Gasteiger partial charge is 0.463 e. The monoisotopic (exact) mass is 256 g/mol. The van der Waals surface area contributed by atoms with Crippen LogP contribution in [-0.4, -0.2) is 10.2 Å². The maximum atomic E-state index is 5.61. The van der Waals surface area contributed by atoms with Gasteiger partial charge in [0.05, 0.1) is 6.26 Å². The number of hydrogen-bond acceptors (Lipinski definition) is 4. The van der Waals surface area contributed by atoms with E-state index in [1.165, 1.54) is 0 Å². The highest BCUT2D eigenvalue weighted by Crippen LogP contribution is 2.16. The molecule has 1 aromatic carbocycles. The second-order valence-electron chi connectivity index (χ2n) is 4.14. The van der Waals surface area contributed by atoms with Crippen molar-refractivity contribution in [1.82, 2.24) is 10.2 Å². The first-order valence-electron chi connectivity index (χ1n) is 6.13. The average molecular weight is 256 g/mol. The molecule has 96 valence electrons. The number of furan rings is 1. The highest BCUT2D eigenvalue weighted by atomic mass is 16.4. The van der Waals surface area contributed by atoms with Gasteiger partial charge in [0.25, 0.3) is 5.89 Å². The third-order valence-electron chi connectivity index (χ3n) is 2.73. The Kier molecular flexibility index (Phi) is 3.38. The number of benzene rings is 1. The van der Waals surface area contributed by atoms with E-state index in [0.29, 0.717) is 18.3 Å². The van der Waals surface area contributed by atoms with E-state index in [4.69, 9.17) is 8.83 Å². The van der Waals surface area contributed by atoms with E-state index in [2.05, 4.69) is 15.5 Å². The molecule has 0 aliphatic heterocycles. The van der Waals surface area contributed by atoms with Crippen LogP contribution in [0.15, 0.2) is 57.6 Å². The minimum atomic E-state index is 0.557.